The Kier molecular flexibility index (Phi) is 2.43. The van der Waals surface area contributed by atoms with E-state index in [-0.39, 0.29) is 17.8 Å². The number of primary amides is 1. The van der Waals surface area contributed by atoms with E-state index in [9.17, 15) is 14.4 Å². The number of hydrogen-bond donors (Lipinski definition) is 3. The summed E-state index contributed by atoms with van der Waals surface area (Å²) in [5.41, 5.74) is 5.81. The van der Waals surface area contributed by atoms with Gasteiger partial charge in [0.2, 0.25) is 5.91 Å². The van der Waals surface area contributed by atoms with Crippen molar-refractivity contribution in [2.24, 2.45) is 5.73 Å². The van der Waals surface area contributed by atoms with E-state index in [1.165, 1.54) is 18.2 Å². The van der Waals surface area contributed by atoms with Crippen molar-refractivity contribution < 1.29 is 19.5 Å². The lowest BCUT2D eigenvalue weighted by Crippen LogP contribution is -2.44. The van der Waals surface area contributed by atoms with Gasteiger partial charge in [-0.3, -0.25) is 9.69 Å². The highest BCUT2D eigenvalue weighted by Gasteiger charge is 2.25. The first-order valence-corrected chi connectivity index (χ1v) is 4.73. The molecular weight excluding hydrogens is 226 g/mol. The van der Waals surface area contributed by atoms with Crippen LogP contribution < -0.4 is 16.0 Å². The van der Waals surface area contributed by atoms with Crippen molar-refractivity contribution in [2.45, 2.75) is 0 Å². The Bertz CT molecular complexity index is 526. The van der Waals surface area contributed by atoms with Crippen LogP contribution in [-0.2, 0) is 4.79 Å². The van der Waals surface area contributed by atoms with Gasteiger partial charge in [-0.05, 0) is 18.2 Å². The summed E-state index contributed by atoms with van der Waals surface area (Å²) < 4.78 is 0. The standard InChI is InChI=1S/C10H9N3O4/c11-10(17)13-4-8(14)12-6-3-5(9(15)16)1-2-7(6)13/h1-3H,4H2,(H2,11,17)(H,12,14)(H,15,16). The van der Waals surface area contributed by atoms with Crippen molar-refractivity contribution in [1.29, 1.82) is 0 Å². The number of rotatable bonds is 1. The first kappa shape index (κ1) is 10.9. The monoisotopic (exact) mass is 235 g/mol. The van der Waals surface area contributed by atoms with Crippen molar-refractivity contribution in [1.82, 2.24) is 0 Å². The molecule has 17 heavy (non-hydrogen) atoms. The Balaban J connectivity index is 2.51. The molecule has 1 aromatic carbocycles. The highest BCUT2D eigenvalue weighted by molar-refractivity contribution is 6.10. The summed E-state index contributed by atoms with van der Waals surface area (Å²) in [5, 5.41) is 11.3. The van der Waals surface area contributed by atoms with E-state index in [0.717, 1.165) is 4.90 Å². The molecule has 0 fully saturated rings. The molecule has 7 heteroatoms. The number of benzene rings is 1. The van der Waals surface area contributed by atoms with Crippen LogP contribution in [0.1, 0.15) is 10.4 Å². The lowest BCUT2D eigenvalue weighted by atomic mass is 10.1. The number of carbonyl (C=O) groups is 3. The summed E-state index contributed by atoms with van der Waals surface area (Å²) in [6.45, 7) is -0.172. The molecule has 0 bridgehead atoms. The van der Waals surface area contributed by atoms with Gasteiger partial charge in [0, 0.05) is 0 Å². The number of urea groups is 1. The van der Waals surface area contributed by atoms with Gasteiger partial charge in [0.1, 0.15) is 6.54 Å². The molecule has 0 saturated carbocycles. The van der Waals surface area contributed by atoms with Gasteiger partial charge in [-0.15, -0.1) is 0 Å². The van der Waals surface area contributed by atoms with Crippen molar-refractivity contribution in [3.8, 4) is 0 Å². The van der Waals surface area contributed by atoms with Gasteiger partial charge < -0.3 is 16.2 Å². The average Bonchev–Trinajstić information content (AvgIpc) is 2.26. The number of nitrogens with one attached hydrogen (secondary N) is 1. The van der Waals surface area contributed by atoms with E-state index in [1.54, 1.807) is 0 Å². The molecule has 4 N–H and O–H groups in total. The van der Waals surface area contributed by atoms with Crippen molar-refractivity contribution in [3.05, 3.63) is 23.8 Å². The van der Waals surface area contributed by atoms with Gasteiger partial charge >= 0.3 is 12.0 Å². The van der Waals surface area contributed by atoms with Crippen LogP contribution in [0.4, 0.5) is 16.2 Å². The Morgan fingerprint density at radius 2 is 2.12 bits per heavy atom. The number of carbonyl (C=O) groups excluding carboxylic acids is 2. The molecule has 0 aliphatic carbocycles. The molecule has 0 unspecified atom stereocenters. The summed E-state index contributed by atoms with van der Waals surface area (Å²) in [4.78, 5) is 34.3. The molecule has 0 spiro atoms. The molecule has 1 heterocycles. The Hall–Kier alpha value is -2.57. The molecule has 1 aliphatic rings. The maximum atomic E-state index is 11.3. The van der Waals surface area contributed by atoms with Crippen molar-refractivity contribution >= 4 is 29.3 Å². The molecule has 7 nitrogen and oxygen atoms in total. The minimum absolute atomic E-state index is 0.0235. The normalized spacial score (nSPS) is 13.9. The first-order chi connectivity index (χ1) is 7.99. The minimum atomic E-state index is -1.11. The third-order valence-electron chi connectivity index (χ3n) is 2.38. The van der Waals surface area contributed by atoms with E-state index in [2.05, 4.69) is 5.32 Å². The number of carboxylic acids is 1. The zero-order valence-corrected chi connectivity index (χ0v) is 8.64. The van der Waals surface area contributed by atoms with E-state index in [4.69, 9.17) is 10.8 Å². The summed E-state index contributed by atoms with van der Waals surface area (Å²) in [5.74, 6) is -1.53. The molecular formula is C10H9N3O4. The van der Waals surface area contributed by atoms with Gasteiger partial charge in [-0.25, -0.2) is 9.59 Å². The van der Waals surface area contributed by atoms with Crippen LogP contribution in [-0.4, -0.2) is 29.6 Å². The van der Waals surface area contributed by atoms with Crippen LogP contribution in [0.25, 0.3) is 0 Å². The van der Waals surface area contributed by atoms with E-state index in [1.807, 2.05) is 0 Å². The van der Waals surface area contributed by atoms with Crippen LogP contribution in [0, 0.1) is 0 Å². The molecule has 2 rings (SSSR count). The molecule has 0 atom stereocenters. The second kappa shape index (κ2) is 3.78. The van der Waals surface area contributed by atoms with E-state index < -0.39 is 17.9 Å². The van der Waals surface area contributed by atoms with E-state index >= 15 is 0 Å². The van der Waals surface area contributed by atoms with Crippen LogP contribution in [0.15, 0.2) is 18.2 Å². The number of nitrogens with zero attached hydrogens (tertiary/aromatic N) is 1. The van der Waals surface area contributed by atoms with Crippen LogP contribution in [0.3, 0.4) is 0 Å². The Morgan fingerprint density at radius 3 is 2.71 bits per heavy atom. The molecule has 1 aromatic rings. The second-order valence-electron chi connectivity index (χ2n) is 3.51. The lowest BCUT2D eigenvalue weighted by Gasteiger charge is -2.27. The molecule has 1 aliphatic heterocycles. The highest BCUT2D eigenvalue weighted by Crippen LogP contribution is 2.30. The summed E-state index contributed by atoms with van der Waals surface area (Å²) in [7, 11) is 0. The lowest BCUT2D eigenvalue weighted by molar-refractivity contribution is -0.115. The van der Waals surface area contributed by atoms with Crippen molar-refractivity contribution in [2.75, 3.05) is 16.8 Å². The first-order valence-electron chi connectivity index (χ1n) is 4.73. The number of aromatic carboxylic acids is 1. The fourth-order valence-corrected chi connectivity index (χ4v) is 1.62. The van der Waals surface area contributed by atoms with Crippen LogP contribution >= 0.6 is 0 Å². The number of carboxylic acid groups (broad SMARTS) is 1. The third kappa shape index (κ3) is 1.89. The van der Waals surface area contributed by atoms with Crippen LogP contribution in [0.2, 0.25) is 0 Å². The number of fused-ring (bicyclic) bond motifs is 1. The molecule has 0 saturated heterocycles. The quantitative estimate of drug-likeness (QED) is 0.646. The highest BCUT2D eigenvalue weighted by atomic mass is 16.4. The predicted octanol–water partition coefficient (Wildman–Crippen LogP) is 0.222. The summed E-state index contributed by atoms with van der Waals surface area (Å²) in [6.07, 6.45) is 0. The average molecular weight is 235 g/mol. The maximum Gasteiger partial charge on any atom is 0.335 e. The fourth-order valence-electron chi connectivity index (χ4n) is 1.62. The second-order valence-corrected chi connectivity index (χ2v) is 3.51. The third-order valence-corrected chi connectivity index (χ3v) is 2.38. The smallest absolute Gasteiger partial charge is 0.335 e. The van der Waals surface area contributed by atoms with Gasteiger partial charge in [0.25, 0.3) is 0 Å². The SMILES string of the molecule is NC(=O)N1CC(=O)Nc2cc(C(=O)O)ccc21. The minimum Gasteiger partial charge on any atom is -0.478 e. The number of hydrogen-bond acceptors (Lipinski definition) is 3. The van der Waals surface area contributed by atoms with Gasteiger partial charge in [0.05, 0.1) is 16.9 Å². The summed E-state index contributed by atoms with van der Waals surface area (Å²) >= 11 is 0. The molecule has 88 valence electrons. The fraction of sp³-hybridized carbons (Fsp3) is 0.100. The molecule has 0 aromatic heterocycles. The van der Waals surface area contributed by atoms with Gasteiger partial charge in [-0.2, -0.15) is 0 Å². The maximum absolute atomic E-state index is 11.3. The number of nitrogens with two attached hydrogens (primary N) is 1. The van der Waals surface area contributed by atoms with E-state index in [0.29, 0.717) is 5.69 Å². The topological polar surface area (TPSA) is 113 Å². The Labute approximate surface area is 95.8 Å². The predicted molar refractivity (Wildman–Crippen MR) is 59.0 cm³/mol. The zero-order valence-electron chi connectivity index (χ0n) is 8.64. The Morgan fingerprint density at radius 1 is 1.41 bits per heavy atom. The van der Waals surface area contributed by atoms with Crippen molar-refractivity contribution in [3.63, 3.8) is 0 Å². The largest absolute Gasteiger partial charge is 0.478 e. The summed E-state index contributed by atoms with van der Waals surface area (Å²) in [6, 6.07) is 3.30. The number of amides is 3. The molecule has 3 amide bonds. The van der Waals surface area contributed by atoms with Crippen LogP contribution in [0.5, 0.6) is 0 Å². The van der Waals surface area contributed by atoms with Gasteiger partial charge in [-0.1, -0.05) is 0 Å². The van der Waals surface area contributed by atoms with Gasteiger partial charge in [0.15, 0.2) is 0 Å². The zero-order chi connectivity index (χ0) is 12.6. The molecule has 0 radical (unpaired) electrons. The number of anilines is 2.